The van der Waals surface area contributed by atoms with Crippen LogP contribution < -0.4 is 0 Å². The van der Waals surface area contributed by atoms with Gasteiger partial charge in [-0.1, -0.05) is 237 Å². The zero-order valence-electron chi connectivity index (χ0n) is 43.2. The molecular formula is C74H46N4S2. The number of hydrogen-bond acceptors (Lipinski definition) is 6. The lowest BCUT2D eigenvalue weighted by Gasteiger charge is -2.11. The predicted molar refractivity (Wildman–Crippen MR) is 338 cm³/mol. The van der Waals surface area contributed by atoms with Crippen molar-refractivity contribution >= 4 is 63.0 Å². The van der Waals surface area contributed by atoms with E-state index in [0.717, 1.165) is 67.3 Å². The van der Waals surface area contributed by atoms with Crippen LogP contribution in [0.3, 0.4) is 0 Å². The van der Waals surface area contributed by atoms with Gasteiger partial charge in [0.05, 0.1) is 22.8 Å². The molecule has 6 heteroatoms. The number of fused-ring (bicyclic) bond motifs is 6. The van der Waals surface area contributed by atoms with Crippen LogP contribution >= 0.6 is 22.7 Å². The normalized spacial score (nSPS) is 11.5. The first kappa shape index (κ1) is 47.3. The average molecular weight is 1060 g/mol. The lowest BCUT2D eigenvalue weighted by molar-refractivity contribution is 1.18. The van der Waals surface area contributed by atoms with Crippen LogP contribution in [0.15, 0.2) is 279 Å². The van der Waals surface area contributed by atoms with E-state index in [0.29, 0.717) is 11.6 Å². The van der Waals surface area contributed by atoms with Gasteiger partial charge in [-0.05, 0) is 87.0 Å². The monoisotopic (exact) mass is 1050 g/mol. The Labute approximate surface area is 471 Å². The molecule has 4 heterocycles. The molecule has 0 aliphatic rings. The maximum atomic E-state index is 5.16. The summed E-state index contributed by atoms with van der Waals surface area (Å²) in [7, 11) is 0. The second-order valence-corrected chi connectivity index (χ2v) is 22.3. The summed E-state index contributed by atoms with van der Waals surface area (Å²) in [6.07, 6.45) is 0. The van der Waals surface area contributed by atoms with Crippen molar-refractivity contribution in [2.24, 2.45) is 0 Å². The second kappa shape index (κ2) is 20.1. The highest BCUT2D eigenvalue weighted by atomic mass is 32.1. The summed E-state index contributed by atoms with van der Waals surface area (Å²) in [5, 5.41) is 5.14. The van der Waals surface area contributed by atoms with E-state index < -0.39 is 0 Å². The maximum Gasteiger partial charge on any atom is 0.160 e. The van der Waals surface area contributed by atoms with Crippen LogP contribution in [0.4, 0.5) is 0 Å². The third-order valence-corrected chi connectivity index (χ3v) is 17.6. The smallest absolute Gasteiger partial charge is 0.160 e. The molecule has 0 aliphatic heterocycles. The summed E-state index contributed by atoms with van der Waals surface area (Å²) in [6.45, 7) is 0. The van der Waals surface area contributed by atoms with Gasteiger partial charge in [0.2, 0.25) is 0 Å². The first-order valence-corrected chi connectivity index (χ1v) is 28.5. The third-order valence-electron chi connectivity index (χ3n) is 15.2. The summed E-state index contributed by atoms with van der Waals surface area (Å²) < 4.78 is 5.18. The Morgan fingerprint density at radius 1 is 0.200 bits per heavy atom. The zero-order chi connectivity index (χ0) is 52.9. The van der Waals surface area contributed by atoms with Crippen LogP contribution in [-0.2, 0) is 0 Å². The molecule has 0 fully saturated rings. The van der Waals surface area contributed by atoms with Gasteiger partial charge < -0.3 is 0 Å². The van der Waals surface area contributed by atoms with Crippen LogP contribution in [0.1, 0.15) is 0 Å². The van der Waals surface area contributed by atoms with Gasteiger partial charge in [-0.2, -0.15) is 0 Å². The number of aromatic nitrogens is 4. The Hall–Kier alpha value is -9.98. The molecule has 4 aromatic heterocycles. The summed E-state index contributed by atoms with van der Waals surface area (Å²) in [6, 6.07) is 99.4. The van der Waals surface area contributed by atoms with Crippen LogP contribution in [0.5, 0.6) is 0 Å². The van der Waals surface area contributed by atoms with Crippen molar-refractivity contribution in [1.82, 2.24) is 19.9 Å². The van der Waals surface area contributed by atoms with Gasteiger partial charge in [0, 0.05) is 73.7 Å². The molecule has 0 saturated heterocycles. The summed E-state index contributed by atoms with van der Waals surface area (Å²) in [5.74, 6) is 1.41. The maximum absolute atomic E-state index is 5.16. The number of nitrogens with zero attached hydrogens (tertiary/aromatic N) is 4. The Balaban J connectivity index is 0.699. The lowest BCUT2D eigenvalue weighted by Crippen LogP contribution is -1.96. The van der Waals surface area contributed by atoms with Crippen LogP contribution in [0.2, 0.25) is 0 Å². The molecule has 15 rings (SSSR count). The predicted octanol–water partition coefficient (Wildman–Crippen LogP) is 20.7. The van der Waals surface area contributed by atoms with Crippen LogP contribution in [0, 0.1) is 0 Å². The third kappa shape index (κ3) is 8.92. The van der Waals surface area contributed by atoms with E-state index in [1.807, 2.05) is 77.3 Å². The Bertz CT molecular complexity index is 4710. The number of rotatable bonds is 10. The van der Waals surface area contributed by atoms with Gasteiger partial charge in [-0.25, -0.2) is 19.9 Å². The number of thiophene rings is 2. The quantitative estimate of drug-likeness (QED) is 0.137. The average Bonchev–Trinajstić information content (AvgIpc) is 4.22. The molecule has 0 saturated carbocycles. The topological polar surface area (TPSA) is 51.6 Å². The van der Waals surface area contributed by atoms with E-state index >= 15 is 0 Å². The summed E-state index contributed by atoms with van der Waals surface area (Å²) in [4.78, 5) is 20.4. The summed E-state index contributed by atoms with van der Waals surface area (Å²) in [5.41, 5.74) is 19.1. The van der Waals surface area contributed by atoms with Gasteiger partial charge in [-0.3, -0.25) is 0 Å². The molecule has 15 aromatic rings. The van der Waals surface area contributed by atoms with Crippen molar-refractivity contribution in [2.75, 3.05) is 0 Å². The molecule has 374 valence electrons. The fourth-order valence-corrected chi connectivity index (χ4v) is 13.3. The summed E-state index contributed by atoms with van der Waals surface area (Å²) >= 11 is 3.70. The van der Waals surface area contributed by atoms with Crippen molar-refractivity contribution in [1.29, 1.82) is 0 Å². The van der Waals surface area contributed by atoms with E-state index in [1.165, 1.54) is 73.7 Å². The van der Waals surface area contributed by atoms with Crippen molar-refractivity contribution < 1.29 is 0 Å². The van der Waals surface area contributed by atoms with Gasteiger partial charge >= 0.3 is 0 Å². The van der Waals surface area contributed by atoms with E-state index in [-0.39, 0.29) is 0 Å². The lowest BCUT2D eigenvalue weighted by atomic mass is 9.97. The van der Waals surface area contributed by atoms with E-state index in [9.17, 15) is 0 Å². The molecule has 0 spiro atoms. The van der Waals surface area contributed by atoms with Crippen molar-refractivity contribution in [2.45, 2.75) is 0 Å². The molecular weight excluding hydrogens is 1010 g/mol. The van der Waals surface area contributed by atoms with Crippen molar-refractivity contribution in [3.05, 3.63) is 279 Å². The highest BCUT2D eigenvalue weighted by Crippen LogP contribution is 2.43. The van der Waals surface area contributed by atoms with Gasteiger partial charge in [0.25, 0.3) is 0 Å². The minimum absolute atomic E-state index is 0.696. The van der Waals surface area contributed by atoms with Crippen LogP contribution in [-0.4, -0.2) is 19.9 Å². The van der Waals surface area contributed by atoms with Gasteiger partial charge in [0.15, 0.2) is 11.6 Å². The Morgan fingerprint density at radius 2 is 0.537 bits per heavy atom. The minimum Gasteiger partial charge on any atom is -0.228 e. The second-order valence-electron chi connectivity index (χ2n) is 20.1. The standard InChI is InChI=1S/C74H46N4S2/c1-4-13-52(14-5-1)65-45-66(76-73(75-65)56-15-6-2-7-16-56)55-37-31-51(32-38-55)60-20-12-21-62-64-44-59(40-42-71(64)80-72(60)62)50-29-35-54(36-30-50)68-46-67(77-74(78-68)57-17-8-3-9-18-57)53-33-27-48(28-34-53)47-23-25-49(26-24-47)58-39-41-70-63(43-58)61-19-10-11-22-69(61)79-70/h1-46H. The Kier molecular flexibility index (Phi) is 11.9. The molecule has 11 aromatic carbocycles. The molecule has 4 nitrogen and oxygen atoms in total. The molecule has 80 heavy (non-hydrogen) atoms. The molecule has 0 aliphatic carbocycles. The van der Waals surface area contributed by atoms with E-state index in [2.05, 4.69) is 224 Å². The highest BCUT2D eigenvalue weighted by Gasteiger charge is 2.17. The molecule has 0 unspecified atom stereocenters. The fraction of sp³-hybridized carbons (Fsp3) is 0. The SMILES string of the molecule is c1ccc(-c2cc(-c3ccc(-c4cccc5c4sc4ccc(-c6ccc(-c7cc(-c8ccc(-c9ccc(-c%10ccc%11sc%12ccccc%12c%11c%10)cc9)cc8)nc(-c8ccccc8)n7)cc6)cc45)cc3)nc(-c3ccccc3)n2)cc1. The Morgan fingerprint density at radius 3 is 1.02 bits per heavy atom. The van der Waals surface area contributed by atoms with Crippen molar-refractivity contribution in [3.8, 4) is 112 Å². The van der Waals surface area contributed by atoms with E-state index in [4.69, 9.17) is 19.9 Å². The van der Waals surface area contributed by atoms with E-state index in [1.54, 1.807) is 0 Å². The van der Waals surface area contributed by atoms with Crippen LogP contribution in [0.25, 0.3) is 153 Å². The molecule has 0 radical (unpaired) electrons. The molecule has 0 bridgehead atoms. The minimum atomic E-state index is 0.696. The first-order chi connectivity index (χ1) is 39.6. The highest BCUT2D eigenvalue weighted by molar-refractivity contribution is 7.26. The zero-order valence-corrected chi connectivity index (χ0v) is 44.8. The van der Waals surface area contributed by atoms with Gasteiger partial charge in [-0.15, -0.1) is 22.7 Å². The molecule has 0 N–H and O–H groups in total. The number of benzene rings is 11. The molecule has 0 amide bonds. The van der Waals surface area contributed by atoms with Gasteiger partial charge in [0.1, 0.15) is 0 Å². The number of hydrogen-bond donors (Lipinski definition) is 0. The molecule has 0 atom stereocenters. The first-order valence-electron chi connectivity index (χ1n) is 26.8. The largest absolute Gasteiger partial charge is 0.228 e. The fourth-order valence-electron chi connectivity index (χ4n) is 11.0. The van der Waals surface area contributed by atoms with Crippen molar-refractivity contribution in [3.63, 3.8) is 0 Å².